The minimum Gasteiger partial charge on any atom is -0.465 e. The number of hydrogen-bond acceptors (Lipinski definition) is 11. The number of carbonyl (C=O) groups is 5. The van der Waals surface area contributed by atoms with Gasteiger partial charge in [0.2, 0.25) is 0 Å². The van der Waals surface area contributed by atoms with Crippen LogP contribution in [0.5, 0.6) is 0 Å². The van der Waals surface area contributed by atoms with Gasteiger partial charge in [-0.15, -0.1) is 0 Å². The predicted molar refractivity (Wildman–Crippen MR) is 136 cm³/mol. The third-order valence-electron chi connectivity index (χ3n) is 3.67. The largest absolute Gasteiger partial charge is 0.465 e. The maximum atomic E-state index is 12.1. The first-order chi connectivity index (χ1) is 17.1. The monoisotopic (exact) mass is 596 g/mol. The van der Waals surface area contributed by atoms with Crippen molar-refractivity contribution < 1.29 is 47.7 Å². The Morgan fingerprint density at radius 1 is 0.833 bits per heavy atom. The second-order valence-electron chi connectivity index (χ2n) is 7.05. The number of halogens is 1. The van der Waals surface area contributed by atoms with Crippen LogP contribution in [-0.4, -0.2) is 92.6 Å². The molecule has 1 atom stereocenters. The van der Waals surface area contributed by atoms with Gasteiger partial charge < -0.3 is 34.3 Å². The number of thioether (sulfide) groups is 1. The van der Waals surface area contributed by atoms with E-state index in [4.69, 9.17) is 23.7 Å². The molecule has 0 bridgehead atoms. The van der Waals surface area contributed by atoms with Crippen LogP contribution < -0.4 is 10.6 Å². The summed E-state index contributed by atoms with van der Waals surface area (Å²) in [4.78, 5) is 58.2. The summed E-state index contributed by atoms with van der Waals surface area (Å²) in [5.41, 5.74) is 0.467. The summed E-state index contributed by atoms with van der Waals surface area (Å²) < 4.78 is 25.0. The molecule has 0 heterocycles. The van der Waals surface area contributed by atoms with Gasteiger partial charge in [0.05, 0.1) is 19.5 Å². The van der Waals surface area contributed by atoms with Crippen LogP contribution in [-0.2, 0) is 38.1 Å². The van der Waals surface area contributed by atoms with Gasteiger partial charge in [0, 0.05) is 28.0 Å². The van der Waals surface area contributed by atoms with E-state index in [1.54, 1.807) is 0 Å². The molecule has 0 aliphatic carbocycles. The number of esters is 3. The maximum absolute atomic E-state index is 12.1. The number of alkyl carbamates (subject to hydrolysis) is 2. The number of carbonyl (C=O) groups excluding carboxylic acids is 5. The average Bonchev–Trinajstić information content (AvgIpc) is 2.83. The second kappa shape index (κ2) is 20.5. The molecule has 0 rings (SSSR count). The quantitative estimate of drug-likeness (QED) is 0.0785. The van der Waals surface area contributed by atoms with Crippen LogP contribution in [0.2, 0.25) is 0 Å². The van der Waals surface area contributed by atoms with Gasteiger partial charge in [-0.1, -0.05) is 29.1 Å². The van der Waals surface area contributed by atoms with Crippen LogP contribution >= 0.6 is 27.7 Å². The van der Waals surface area contributed by atoms with Crippen LogP contribution in [0.25, 0.3) is 0 Å². The molecule has 0 aromatic heterocycles. The molecule has 1 unspecified atom stereocenters. The first-order valence-electron chi connectivity index (χ1n) is 10.9. The summed E-state index contributed by atoms with van der Waals surface area (Å²) in [5, 5.41) is 5.36. The Balaban J connectivity index is 4.52. The Morgan fingerprint density at radius 2 is 1.39 bits per heavy atom. The molecule has 0 spiro atoms. The Bertz CT molecular complexity index is 778. The summed E-state index contributed by atoms with van der Waals surface area (Å²) in [7, 11) is 0. The van der Waals surface area contributed by atoms with Gasteiger partial charge in [0.15, 0.2) is 0 Å². The molecule has 0 radical (unpaired) electrons. The van der Waals surface area contributed by atoms with Crippen LogP contribution in [0.1, 0.15) is 20.3 Å². The number of ether oxygens (including phenoxy) is 5. The lowest BCUT2D eigenvalue weighted by molar-refractivity contribution is -0.142. The maximum Gasteiger partial charge on any atom is 0.407 e. The van der Waals surface area contributed by atoms with Crippen molar-refractivity contribution in [2.24, 2.45) is 0 Å². The summed E-state index contributed by atoms with van der Waals surface area (Å²) in [6, 6.07) is 0. The summed E-state index contributed by atoms with van der Waals surface area (Å²) in [5.74, 6) is -0.882. The van der Waals surface area contributed by atoms with Crippen molar-refractivity contribution in [2.45, 2.75) is 26.4 Å². The molecule has 0 aromatic rings. The Hall–Kier alpha value is -2.74. The van der Waals surface area contributed by atoms with Crippen molar-refractivity contribution in [1.82, 2.24) is 10.6 Å². The summed E-state index contributed by atoms with van der Waals surface area (Å²) in [6.07, 6.45) is -2.28. The zero-order valence-electron chi connectivity index (χ0n) is 20.4. The van der Waals surface area contributed by atoms with E-state index < -0.39 is 30.2 Å². The van der Waals surface area contributed by atoms with Crippen LogP contribution in [0.15, 0.2) is 24.3 Å². The lowest BCUT2D eigenvalue weighted by Gasteiger charge is -2.18. The predicted octanol–water partition coefficient (Wildman–Crippen LogP) is 2.11. The van der Waals surface area contributed by atoms with E-state index in [9.17, 15) is 24.0 Å². The van der Waals surface area contributed by atoms with Crippen LogP contribution in [0.4, 0.5) is 9.59 Å². The Kier molecular flexibility index (Phi) is 18.9. The van der Waals surface area contributed by atoms with Gasteiger partial charge in [-0.25, -0.2) is 19.2 Å². The first kappa shape index (κ1) is 33.3. The molecular formula is C22H33BrN2O10S. The number of amides is 2. The van der Waals surface area contributed by atoms with Crippen molar-refractivity contribution in [2.75, 3.05) is 56.4 Å². The second-order valence-corrected chi connectivity index (χ2v) is 8.99. The van der Waals surface area contributed by atoms with Gasteiger partial charge in [0.25, 0.3) is 0 Å². The van der Waals surface area contributed by atoms with E-state index in [0.29, 0.717) is 11.1 Å². The van der Waals surface area contributed by atoms with Crippen molar-refractivity contribution in [3.63, 3.8) is 0 Å². The number of alkyl halides is 1. The van der Waals surface area contributed by atoms with Crippen molar-refractivity contribution in [3.05, 3.63) is 24.3 Å². The topological polar surface area (TPSA) is 156 Å². The molecule has 2 N–H and O–H groups in total. The van der Waals surface area contributed by atoms with E-state index in [0.717, 1.165) is 0 Å². The molecule has 0 saturated carbocycles. The third-order valence-corrected chi connectivity index (χ3v) is 5.10. The lowest BCUT2D eigenvalue weighted by Crippen LogP contribution is -2.37. The van der Waals surface area contributed by atoms with E-state index >= 15 is 0 Å². The summed E-state index contributed by atoms with van der Waals surface area (Å²) in [6.45, 7) is 9.76. The summed E-state index contributed by atoms with van der Waals surface area (Å²) >= 11 is 4.47. The normalized spacial score (nSPS) is 10.9. The molecule has 14 heteroatoms. The van der Waals surface area contributed by atoms with Gasteiger partial charge in [0.1, 0.15) is 32.5 Å². The van der Waals surface area contributed by atoms with Crippen molar-refractivity contribution >= 4 is 57.8 Å². The van der Waals surface area contributed by atoms with E-state index in [1.807, 2.05) is 0 Å². The van der Waals surface area contributed by atoms with Gasteiger partial charge >= 0.3 is 30.1 Å². The van der Waals surface area contributed by atoms with E-state index in [-0.39, 0.29) is 68.8 Å². The van der Waals surface area contributed by atoms with Crippen LogP contribution in [0, 0.1) is 0 Å². The molecule has 204 valence electrons. The van der Waals surface area contributed by atoms with Gasteiger partial charge in [-0.2, -0.15) is 11.8 Å². The van der Waals surface area contributed by atoms with Crippen LogP contribution in [0.3, 0.4) is 0 Å². The fourth-order valence-electron chi connectivity index (χ4n) is 1.96. The minimum atomic E-state index is -0.835. The van der Waals surface area contributed by atoms with Gasteiger partial charge in [-0.3, -0.25) is 4.79 Å². The van der Waals surface area contributed by atoms with Crippen molar-refractivity contribution in [3.8, 4) is 0 Å². The number of hydrogen-bond donors (Lipinski definition) is 2. The fraction of sp³-hybridized carbons (Fsp3) is 0.591. The molecule has 0 aliphatic rings. The standard InChI is InChI=1S/C22H33BrN2O10S/c1-15(2)19(27)32-10-7-24-21(29)34-13-17(14-36-12-5-18(26)31-9-6-23)35-22(30)25-8-11-33-20(28)16(3)4/h17H,1,3,5-14H2,2,4H3,(H,24,29)(H,25,30). The molecule has 2 amide bonds. The molecule has 0 fully saturated rings. The SMILES string of the molecule is C=C(C)C(=O)OCCNC(=O)OCC(CSCCC(=O)OCCBr)OC(=O)NCCOC(=O)C(=C)C. The lowest BCUT2D eigenvalue weighted by atomic mass is 10.4. The third kappa shape index (κ3) is 18.6. The molecular weight excluding hydrogens is 564 g/mol. The smallest absolute Gasteiger partial charge is 0.407 e. The van der Waals surface area contributed by atoms with E-state index in [1.165, 1.54) is 25.6 Å². The zero-order valence-corrected chi connectivity index (χ0v) is 22.8. The van der Waals surface area contributed by atoms with Crippen molar-refractivity contribution in [1.29, 1.82) is 0 Å². The molecule has 12 nitrogen and oxygen atoms in total. The minimum absolute atomic E-state index is 0.00136. The first-order valence-corrected chi connectivity index (χ1v) is 13.1. The highest BCUT2D eigenvalue weighted by molar-refractivity contribution is 9.09. The fourth-order valence-corrected chi connectivity index (χ4v) is 3.03. The molecule has 36 heavy (non-hydrogen) atoms. The highest BCUT2D eigenvalue weighted by Gasteiger charge is 2.18. The molecule has 0 aromatic carbocycles. The highest BCUT2D eigenvalue weighted by atomic mass is 79.9. The van der Waals surface area contributed by atoms with Gasteiger partial charge in [-0.05, 0) is 13.8 Å². The van der Waals surface area contributed by atoms with E-state index in [2.05, 4.69) is 39.7 Å². The highest BCUT2D eigenvalue weighted by Crippen LogP contribution is 2.10. The number of rotatable bonds is 18. The Labute approximate surface area is 222 Å². The number of nitrogens with one attached hydrogen (secondary N) is 2. The average molecular weight is 597 g/mol. The Morgan fingerprint density at radius 3 is 1.92 bits per heavy atom. The molecule has 0 aliphatic heterocycles. The zero-order chi connectivity index (χ0) is 27.3. The molecule has 0 saturated heterocycles.